The third-order valence-electron chi connectivity index (χ3n) is 2.72. The molecule has 0 bridgehead atoms. The molecule has 0 aromatic heterocycles. The summed E-state index contributed by atoms with van der Waals surface area (Å²) in [6.45, 7) is 0.703. The van der Waals surface area contributed by atoms with Gasteiger partial charge in [0.2, 0.25) is 0 Å². The second kappa shape index (κ2) is 3.81. The average Bonchev–Trinajstić information content (AvgIpc) is 2.40. The van der Waals surface area contributed by atoms with Crippen molar-refractivity contribution in [2.24, 2.45) is 0 Å². The van der Waals surface area contributed by atoms with E-state index in [4.69, 9.17) is 5.11 Å². The smallest absolute Gasteiger partial charge is 0.311 e. The molecule has 0 aliphatic carbocycles. The standard InChI is InChI=1S/C11H13NO3/c13-9-5-1-3-7-8(11(14)15)4-2-6-12-10(7)9/h1,3,5,8,12-13H,2,4,6H2,(H,14,15). The number of rotatable bonds is 1. The Kier molecular flexibility index (Phi) is 2.49. The topological polar surface area (TPSA) is 69.6 Å². The summed E-state index contributed by atoms with van der Waals surface area (Å²) in [6, 6.07) is 5.00. The van der Waals surface area contributed by atoms with Crippen molar-refractivity contribution in [3.63, 3.8) is 0 Å². The van der Waals surface area contributed by atoms with Crippen molar-refractivity contribution in [2.45, 2.75) is 18.8 Å². The Morgan fingerprint density at radius 2 is 2.27 bits per heavy atom. The molecule has 80 valence electrons. The summed E-state index contributed by atoms with van der Waals surface area (Å²) >= 11 is 0. The van der Waals surface area contributed by atoms with Gasteiger partial charge in [-0.2, -0.15) is 0 Å². The highest BCUT2D eigenvalue weighted by molar-refractivity contribution is 5.80. The third-order valence-corrected chi connectivity index (χ3v) is 2.72. The van der Waals surface area contributed by atoms with E-state index in [1.807, 2.05) is 0 Å². The molecule has 1 atom stereocenters. The van der Waals surface area contributed by atoms with E-state index in [-0.39, 0.29) is 5.75 Å². The molecular weight excluding hydrogens is 194 g/mol. The summed E-state index contributed by atoms with van der Waals surface area (Å²) in [5.41, 5.74) is 1.25. The van der Waals surface area contributed by atoms with E-state index in [1.165, 1.54) is 0 Å². The maximum Gasteiger partial charge on any atom is 0.311 e. The molecule has 1 heterocycles. The van der Waals surface area contributed by atoms with Crippen LogP contribution in [0.3, 0.4) is 0 Å². The molecule has 0 spiro atoms. The SMILES string of the molecule is O=C(O)C1CCCNc2c(O)cccc21. The van der Waals surface area contributed by atoms with Crippen molar-refractivity contribution in [1.29, 1.82) is 0 Å². The van der Waals surface area contributed by atoms with Crippen LogP contribution in [0, 0.1) is 0 Å². The number of phenolic OH excluding ortho intramolecular Hbond substituents is 1. The number of carboxylic acids is 1. The van der Waals surface area contributed by atoms with E-state index in [0.717, 1.165) is 6.42 Å². The zero-order valence-electron chi connectivity index (χ0n) is 8.23. The van der Waals surface area contributed by atoms with Crippen molar-refractivity contribution >= 4 is 11.7 Å². The fraction of sp³-hybridized carbons (Fsp3) is 0.364. The summed E-state index contributed by atoms with van der Waals surface area (Å²) in [5.74, 6) is -1.21. The van der Waals surface area contributed by atoms with E-state index in [9.17, 15) is 9.90 Å². The summed E-state index contributed by atoms with van der Waals surface area (Å²) in [7, 11) is 0. The number of para-hydroxylation sites is 1. The summed E-state index contributed by atoms with van der Waals surface area (Å²) < 4.78 is 0. The van der Waals surface area contributed by atoms with Crippen LogP contribution in [0.4, 0.5) is 5.69 Å². The zero-order valence-corrected chi connectivity index (χ0v) is 8.23. The summed E-state index contributed by atoms with van der Waals surface area (Å²) in [6.07, 6.45) is 1.41. The van der Waals surface area contributed by atoms with E-state index in [0.29, 0.717) is 24.2 Å². The first kappa shape index (κ1) is 9.83. The molecule has 4 nitrogen and oxygen atoms in total. The number of phenols is 1. The van der Waals surface area contributed by atoms with E-state index >= 15 is 0 Å². The van der Waals surface area contributed by atoms with Gasteiger partial charge in [0.25, 0.3) is 0 Å². The Hall–Kier alpha value is -1.71. The molecule has 4 heteroatoms. The molecule has 0 radical (unpaired) electrons. The van der Waals surface area contributed by atoms with E-state index in [1.54, 1.807) is 18.2 Å². The van der Waals surface area contributed by atoms with Crippen LogP contribution in [0.2, 0.25) is 0 Å². The van der Waals surface area contributed by atoms with Crippen LogP contribution in [0.15, 0.2) is 18.2 Å². The fourth-order valence-electron chi connectivity index (χ4n) is 1.97. The minimum absolute atomic E-state index is 0.126. The van der Waals surface area contributed by atoms with Gasteiger partial charge in [-0.3, -0.25) is 4.79 Å². The molecule has 0 fully saturated rings. The van der Waals surface area contributed by atoms with Crippen LogP contribution in [0.1, 0.15) is 24.3 Å². The molecule has 2 rings (SSSR count). The number of aliphatic carboxylic acids is 1. The molecular formula is C11H13NO3. The fourth-order valence-corrected chi connectivity index (χ4v) is 1.97. The summed E-state index contributed by atoms with van der Waals surface area (Å²) in [4.78, 5) is 11.1. The van der Waals surface area contributed by atoms with Gasteiger partial charge >= 0.3 is 5.97 Å². The number of fused-ring (bicyclic) bond motifs is 1. The number of carboxylic acid groups (broad SMARTS) is 1. The predicted molar refractivity (Wildman–Crippen MR) is 56.2 cm³/mol. The number of benzene rings is 1. The number of carbonyl (C=O) groups is 1. The maximum atomic E-state index is 11.1. The van der Waals surface area contributed by atoms with Gasteiger partial charge in [0.1, 0.15) is 5.75 Å². The Labute approximate surface area is 87.6 Å². The molecule has 1 unspecified atom stereocenters. The van der Waals surface area contributed by atoms with Crippen LogP contribution in [-0.4, -0.2) is 22.7 Å². The third kappa shape index (κ3) is 1.75. The van der Waals surface area contributed by atoms with Crippen LogP contribution >= 0.6 is 0 Å². The van der Waals surface area contributed by atoms with Gasteiger partial charge in [-0.05, 0) is 24.5 Å². The lowest BCUT2D eigenvalue weighted by atomic mass is 9.94. The van der Waals surface area contributed by atoms with Gasteiger partial charge in [-0.15, -0.1) is 0 Å². The van der Waals surface area contributed by atoms with Gasteiger partial charge in [0.15, 0.2) is 0 Å². The Morgan fingerprint density at radius 1 is 1.47 bits per heavy atom. The Bertz CT molecular complexity index is 389. The number of hydrogen-bond donors (Lipinski definition) is 3. The number of aromatic hydroxyl groups is 1. The molecule has 0 saturated heterocycles. The Morgan fingerprint density at radius 3 is 3.00 bits per heavy atom. The van der Waals surface area contributed by atoms with Crippen molar-refractivity contribution in [3.05, 3.63) is 23.8 Å². The highest BCUT2D eigenvalue weighted by Crippen LogP contribution is 2.36. The lowest BCUT2D eigenvalue weighted by molar-refractivity contribution is -0.138. The van der Waals surface area contributed by atoms with Crippen LogP contribution < -0.4 is 5.32 Å². The van der Waals surface area contributed by atoms with Crippen molar-refractivity contribution in [3.8, 4) is 5.75 Å². The largest absolute Gasteiger partial charge is 0.506 e. The van der Waals surface area contributed by atoms with E-state index in [2.05, 4.69) is 5.32 Å². The van der Waals surface area contributed by atoms with Crippen LogP contribution in [0.5, 0.6) is 5.75 Å². The monoisotopic (exact) mass is 207 g/mol. The average molecular weight is 207 g/mol. The minimum Gasteiger partial charge on any atom is -0.506 e. The van der Waals surface area contributed by atoms with Crippen molar-refractivity contribution < 1.29 is 15.0 Å². The molecule has 15 heavy (non-hydrogen) atoms. The molecule has 0 saturated carbocycles. The molecule has 1 aromatic carbocycles. The van der Waals surface area contributed by atoms with Gasteiger partial charge in [-0.1, -0.05) is 12.1 Å². The Balaban J connectivity index is 2.49. The lowest BCUT2D eigenvalue weighted by Crippen LogP contribution is -2.11. The molecule has 0 amide bonds. The van der Waals surface area contributed by atoms with Crippen LogP contribution in [-0.2, 0) is 4.79 Å². The number of anilines is 1. The predicted octanol–water partition coefficient (Wildman–Crippen LogP) is 1.77. The first-order valence-corrected chi connectivity index (χ1v) is 4.98. The molecule has 1 aliphatic rings. The van der Waals surface area contributed by atoms with Crippen molar-refractivity contribution in [2.75, 3.05) is 11.9 Å². The normalized spacial score (nSPS) is 19.9. The number of hydrogen-bond acceptors (Lipinski definition) is 3. The highest BCUT2D eigenvalue weighted by atomic mass is 16.4. The maximum absolute atomic E-state index is 11.1. The second-order valence-electron chi connectivity index (χ2n) is 3.70. The summed E-state index contributed by atoms with van der Waals surface area (Å²) in [5, 5.41) is 21.8. The quantitative estimate of drug-likeness (QED) is 0.614. The van der Waals surface area contributed by atoms with Gasteiger partial charge in [-0.25, -0.2) is 0 Å². The number of nitrogens with one attached hydrogen (secondary N) is 1. The van der Waals surface area contributed by atoms with E-state index < -0.39 is 11.9 Å². The zero-order chi connectivity index (χ0) is 10.8. The van der Waals surface area contributed by atoms with Gasteiger partial charge in [0, 0.05) is 6.54 Å². The minimum atomic E-state index is -0.828. The molecule has 1 aromatic rings. The second-order valence-corrected chi connectivity index (χ2v) is 3.70. The van der Waals surface area contributed by atoms with Gasteiger partial charge in [0.05, 0.1) is 11.6 Å². The molecule has 3 N–H and O–H groups in total. The van der Waals surface area contributed by atoms with Crippen LogP contribution in [0.25, 0.3) is 0 Å². The lowest BCUT2D eigenvalue weighted by Gasteiger charge is -2.13. The first-order valence-electron chi connectivity index (χ1n) is 4.98. The molecule has 1 aliphatic heterocycles. The van der Waals surface area contributed by atoms with Gasteiger partial charge < -0.3 is 15.5 Å². The highest BCUT2D eigenvalue weighted by Gasteiger charge is 2.25. The van der Waals surface area contributed by atoms with Crippen molar-refractivity contribution in [1.82, 2.24) is 0 Å². The first-order chi connectivity index (χ1) is 7.20.